The summed E-state index contributed by atoms with van der Waals surface area (Å²) in [6.45, 7) is 0. The van der Waals surface area contributed by atoms with Gasteiger partial charge in [0.05, 0.1) is 5.92 Å². The number of aliphatic carboxylic acids is 1. The number of halogens is 2. The number of nitrogens with one attached hydrogen (secondary N) is 1. The topological polar surface area (TPSA) is 66.4 Å². The fourth-order valence-corrected chi connectivity index (χ4v) is 2.55. The average Bonchev–Trinajstić information content (AvgIpc) is 2.38. The Morgan fingerprint density at radius 3 is 2.35 bits per heavy atom. The highest BCUT2D eigenvalue weighted by Gasteiger charge is 2.32. The van der Waals surface area contributed by atoms with E-state index in [1.165, 1.54) is 6.07 Å². The summed E-state index contributed by atoms with van der Waals surface area (Å²) in [5.41, 5.74) is -0.665. The number of carboxylic acids is 1. The molecule has 0 spiro atoms. The van der Waals surface area contributed by atoms with E-state index in [0.29, 0.717) is 12.8 Å². The average molecular weight is 283 g/mol. The number of carboxylic acid groups (broad SMARTS) is 1. The maximum atomic E-state index is 13.5. The van der Waals surface area contributed by atoms with Crippen molar-refractivity contribution in [3.63, 3.8) is 0 Å². The molecule has 108 valence electrons. The Bertz CT molecular complexity index is 513. The van der Waals surface area contributed by atoms with E-state index < -0.39 is 41.0 Å². The van der Waals surface area contributed by atoms with Gasteiger partial charge in [0.1, 0.15) is 17.2 Å². The number of hydrogen-bond acceptors (Lipinski definition) is 2. The van der Waals surface area contributed by atoms with Gasteiger partial charge in [0.15, 0.2) is 0 Å². The lowest BCUT2D eigenvalue weighted by Gasteiger charge is -2.29. The normalized spacial score (nSPS) is 22.3. The molecule has 2 atom stereocenters. The van der Waals surface area contributed by atoms with Crippen molar-refractivity contribution in [2.75, 3.05) is 0 Å². The van der Waals surface area contributed by atoms with E-state index >= 15 is 0 Å². The number of rotatable bonds is 3. The first-order valence-corrected chi connectivity index (χ1v) is 6.48. The molecule has 2 N–H and O–H groups in total. The Kier molecular flexibility index (Phi) is 4.32. The minimum absolute atomic E-state index is 0.458. The summed E-state index contributed by atoms with van der Waals surface area (Å²) in [7, 11) is 0. The molecule has 1 aromatic rings. The Morgan fingerprint density at radius 1 is 1.15 bits per heavy atom. The van der Waals surface area contributed by atoms with Crippen LogP contribution in [-0.4, -0.2) is 23.0 Å². The predicted octanol–water partition coefficient (Wildman–Crippen LogP) is 2.34. The van der Waals surface area contributed by atoms with Crippen LogP contribution in [0.3, 0.4) is 0 Å². The molecule has 0 aliphatic heterocycles. The number of carbonyl (C=O) groups is 2. The Labute approximate surface area is 114 Å². The molecule has 0 bridgehead atoms. The molecule has 1 aliphatic carbocycles. The first-order valence-electron chi connectivity index (χ1n) is 6.48. The lowest BCUT2D eigenvalue weighted by atomic mass is 9.84. The van der Waals surface area contributed by atoms with Crippen LogP contribution in [0.1, 0.15) is 36.0 Å². The number of hydrogen-bond donors (Lipinski definition) is 2. The van der Waals surface area contributed by atoms with E-state index in [0.717, 1.165) is 25.0 Å². The molecular formula is C14H15F2NO3. The Hall–Kier alpha value is -1.98. The van der Waals surface area contributed by atoms with Gasteiger partial charge in [0.2, 0.25) is 0 Å². The SMILES string of the molecule is O=C(NC1CCCCC1C(=O)O)c1c(F)cccc1F. The quantitative estimate of drug-likeness (QED) is 0.894. The first-order chi connectivity index (χ1) is 9.50. The van der Waals surface area contributed by atoms with Gasteiger partial charge in [-0.05, 0) is 25.0 Å². The highest BCUT2D eigenvalue weighted by Crippen LogP contribution is 2.25. The summed E-state index contributed by atoms with van der Waals surface area (Å²) in [5.74, 6) is -4.51. The van der Waals surface area contributed by atoms with Gasteiger partial charge in [-0.1, -0.05) is 18.9 Å². The van der Waals surface area contributed by atoms with Crippen LogP contribution in [0.15, 0.2) is 18.2 Å². The number of carbonyl (C=O) groups excluding carboxylic acids is 1. The molecular weight excluding hydrogens is 268 g/mol. The second-order valence-electron chi connectivity index (χ2n) is 4.91. The van der Waals surface area contributed by atoms with Crippen molar-refractivity contribution in [2.24, 2.45) is 5.92 Å². The van der Waals surface area contributed by atoms with Crippen molar-refractivity contribution in [3.05, 3.63) is 35.4 Å². The summed E-state index contributed by atoms with van der Waals surface area (Å²) >= 11 is 0. The van der Waals surface area contributed by atoms with E-state index in [9.17, 15) is 18.4 Å². The van der Waals surface area contributed by atoms with Gasteiger partial charge in [-0.3, -0.25) is 9.59 Å². The zero-order valence-electron chi connectivity index (χ0n) is 10.7. The molecule has 1 saturated carbocycles. The monoisotopic (exact) mass is 283 g/mol. The minimum atomic E-state index is -0.996. The van der Waals surface area contributed by atoms with Crippen LogP contribution >= 0.6 is 0 Å². The largest absolute Gasteiger partial charge is 0.481 e. The molecule has 2 unspecified atom stereocenters. The zero-order valence-corrected chi connectivity index (χ0v) is 10.7. The second kappa shape index (κ2) is 5.98. The lowest BCUT2D eigenvalue weighted by Crippen LogP contribution is -2.45. The van der Waals surface area contributed by atoms with Crippen LogP contribution in [0.5, 0.6) is 0 Å². The van der Waals surface area contributed by atoms with Crippen LogP contribution in [0.4, 0.5) is 8.78 Å². The highest BCUT2D eigenvalue weighted by molar-refractivity contribution is 5.95. The van der Waals surface area contributed by atoms with Crippen LogP contribution in [-0.2, 0) is 4.79 Å². The maximum Gasteiger partial charge on any atom is 0.308 e. The summed E-state index contributed by atoms with van der Waals surface area (Å²) in [6, 6.07) is 2.57. The Morgan fingerprint density at radius 2 is 1.75 bits per heavy atom. The van der Waals surface area contributed by atoms with Crippen molar-refractivity contribution in [3.8, 4) is 0 Å². The lowest BCUT2D eigenvalue weighted by molar-refractivity contribution is -0.143. The van der Waals surface area contributed by atoms with Crippen LogP contribution in [0, 0.1) is 17.6 Å². The highest BCUT2D eigenvalue weighted by atomic mass is 19.1. The molecule has 0 aromatic heterocycles. The van der Waals surface area contributed by atoms with E-state index in [-0.39, 0.29) is 0 Å². The van der Waals surface area contributed by atoms with Gasteiger partial charge < -0.3 is 10.4 Å². The molecule has 1 aromatic carbocycles. The molecule has 0 saturated heterocycles. The molecule has 1 amide bonds. The maximum absolute atomic E-state index is 13.5. The number of amides is 1. The van der Waals surface area contributed by atoms with E-state index in [4.69, 9.17) is 5.11 Å². The van der Waals surface area contributed by atoms with Crippen molar-refractivity contribution in [2.45, 2.75) is 31.7 Å². The molecule has 0 radical (unpaired) electrons. The predicted molar refractivity (Wildman–Crippen MR) is 67.2 cm³/mol. The van der Waals surface area contributed by atoms with Gasteiger partial charge in [0.25, 0.3) is 5.91 Å². The molecule has 20 heavy (non-hydrogen) atoms. The summed E-state index contributed by atoms with van der Waals surface area (Å²) in [6.07, 6.45) is 2.52. The summed E-state index contributed by atoms with van der Waals surface area (Å²) < 4.78 is 27.0. The van der Waals surface area contributed by atoms with Crippen molar-refractivity contribution in [1.29, 1.82) is 0 Å². The Balaban J connectivity index is 2.16. The van der Waals surface area contributed by atoms with E-state index in [1.54, 1.807) is 0 Å². The third kappa shape index (κ3) is 2.95. The van der Waals surface area contributed by atoms with Crippen LogP contribution in [0.25, 0.3) is 0 Å². The van der Waals surface area contributed by atoms with Gasteiger partial charge in [0, 0.05) is 6.04 Å². The van der Waals surface area contributed by atoms with Crippen LogP contribution < -0.4 is 5.32 Å². The molecule has 0 heterocycles. The fraction of sp³-hybridized carbons (Fsp3) is 0.429. The van der Waals surface area contributed by atoms with Crippen molar-refractivity contribution < 1.29 is 23.5 Å². The van der Waals surface area contributed by atoms with Gasteiger partial charge in [-0.15, -0.1) is 0 Å². The van der Waals surface area contributed by atoms with Gasteiger partial charge >= 0.3 is 5.97 Å². The molecule has 6 heteroatoms. The molecule has 2 rings (SSSR count). The molecule has 4 nitrogen and oxygen atoms in total. The van der Waals surface area contributed by atoms with Crippen molar-refractivity contribution in [1.82, 2.24) is 5.32 Å². The second-order valence-corrected chi connectivity index (χ2v) is 4.91. The van der Waals surface area contributed by atoms with Crippen molar-refractivity contribution >= 4 is 11.9 Å². The third-order valence-corrected chi connectivity index (χ3v) is 3.59. The summed E-state index contributed by atoms with van der Waals surface area (Å²) in [5, 5.41) is 11.6. The van der Waals surface area contributed by atoms with Gasteiger partial charge in [-0.2, -0.15) is 0 Å². The molecule has 1 fully saturated rings. The minimum Gasteiger partial charge on any atom is -0.481 e. The van der Waals surface area contributed by atoms with Gasteiger partial charge in [-0.25, -0.2) is 8.78 Å². The summed E-state index contributed by atoms with van der Waals surface area (Å²) in [4.78, 5) is 23.1. The smallest absolute Gasteiger partial charge is 0.308 e. The first kappa shape index (κ1) is 14.4. The fourth-order valence-electron chi connectivity index (χ4n) is 2.55. The standard InChI is InChI=1S/C14H15F2NO3/c15-9-5-3-6-10(16)12(9)13(18)17-11-7-2-1-4-8(11)14(19)20/h3,5-6,8,11H,1-2,4,7H2,(H,17,18)(H,19,20). The van der Waals surface area contributed by atoms with E-state index in [1.807, 2.05) is 0 Å². The van der Waals surface area contributed by atoms with E-state index in [2.05, 4.69) is 5.32 Å². The van der Waals surface area contributed by atoms with Crippen LogP contribution in [0.2, 0.25) is 0 Å². The molecule has 1 aliphatic rings. The zero-order chi connectivity index (χ0) is 14.7. The third-order valence-electron chi connectivity index (χ3n) is 3.59. The number of benzene rings is 1.